The molecule has 0 saturated heterocycles. The molecule has 2 N–H and O–H groups in total. The number of anilines is 1. The van der Waals surface area contributed by atoms with Gasteiger partial charge in [0.05, 0.1) is 0 Å². The summed E-state index contributed by atoms with van der Waals surface area (Å²) in [6.45, 7) is 0. The highest BCUT2D eigenvalue weighted by Crippen LogP contribution is 2.29. The summed E-state index contributed by atoms with van der Waals surface area (Å²) < 4.78 is 17.6. The van der Waals surface area contributed by atoms with Crippen LogP contribution in [0.2, 0.25) is 0 Å². The molecule has 0 unspecified atom stereocenters. The lowest BCUT2D eigenvalue weighted by atomic mass is 10.2. The number of aromatic nitrogens is 2. The molecular weight excluding hydrogens is 237 g/mol. The quantitative estimate of drug-likeness (QED) is 0.751. The second-order valence-electron chi connectivity index (χ2n) is 3.73. The Morgan fingerprint density at radius 3 is 2.72 bits per heavy atom. The van der Waals surface area contributed by atoms with Crippen LogP contribution < -0.4 is 10.7 Å². The average Bonchev–Trinajstić information content (AvgIpc) is 2.82. The Kier molecular flexibility index (Phi) is 2.33. The van der Waals surface area contributed by atoms with E-state index < -0.39 is 0 Å². The van der Waals surface area contributed by atoms with Crippen molar-refractivity contribution < 1.29 is 13.9 Å². The predicted octanol–water partition coefficient (Wildman–Crippen LogP) is 2.74. The van der Waals surface area contributed by atoms with Gasteiger partial charge in [0, 0.05) is 9.91 Å². The third-order valence-electron chi connectivity index (χ3n) is 2.51. The van der Waals surface area contributed by atoms with Gasteiger partial charge in [0.1, 0.15) is 17.1 Å². The molecule has 2 aromatic heterocycles. The minimum absolute atomic E-state index is 0.123. The lowest BCUT2D eigenvalue weighted by Gasteiger charge is -1.94. The third-order valence-corrected chi connectivity index (χ3v) is 2.51. The topological polar surface area (TPSA) is 74.2 Å². The van der Waals surface area contributed by atoms with Crippen molar-refractivity contribution in [3.63, 3.8) is 0 Å². The maximum Gasteiger partial charge on any atom is 0.172 e. The molecule has 2 heterocycles. The third kappa shape index (κ3) is 1.73. The van der Waals surface area contributed by atoms with E-state index >= 15 is 0 Å². The van der Waals surface area contributed by atoms with Gasteiger partial charge < -0.3 is 10.2 Å². The molecule has 0 spiro atoms. The van der Waals surface area contributed by atoms with Crippen molar-refractivity contribution in [1.29, 1.82) is 0 Å². The van der Waals surface area contributed by atoms with Crippen LogP contribution in [0.3, 0.4) is 0 Å². The zero-order chi connectivity index (χ0) is 12.5. The fraction of sp³-hybridized carbons (Fsp3) is 0. The molecule has 18 heavy (non-hydrogen) atoms. The molecule has 3 aromatic rings. The van der Waals surface area contributed by atoms with Gasteiger partial charge in [-0.1, -0.05) is 0 Å². The van der Waals surface area contributed by atoms with Crippen LogP contribution >= 0.6 is 0 Å². The van der Waals surface area contributed by atoms with E-state index in [1.807, 2.05) is 0 Å². The Labute approximate surface area is 101 Å². The monoisotopic (exact) mass is 245 g/mol. The number of halogens is 1. The van der Waals surface area contributed by atoms with Crippen LogP contribution in [-0.4, -0.2) is 10.2 Å². The van der Waals surface area contributed by atoms with Crippen LogP contribution in [0.5, 0.6) is 5.75 Å². The predicted molar refractivity (Wildman–Crippen MR) is 63.4 cm³/mol. The van der Waals surface area contributed by atoms with Gasteiger partial charge in [0.25, 0.3) is 0 Å². The van der Waals surface area contributed by atoms with Crippen molar-refractivity contribution in [2.75, 3.05) is 5.73 Å². The first kappa shape index (κ1) is 10.5. The van der Waals surface area contributed by atoms with Crippen LogP contribution in [0.4, 0.5) is 10.3 Å². The number of nitrogens with two attached hydrogens (primary N) is 1. The van der Waals surface area contributed by atoms with Gasteiger partial charge in [0.2, 0.25) is 0 Å². The molecule has 0 fully saturated rings. The SMILES string of the molecule is Nc1ccc(-c2cc3cc(OF)ccc3o2)nn1. The summed E-state index contributed by atoms with van der Waals surface area (Å²) in [6, 6.07) is 9.70. The summed E-state index contributed by atoms with van der Waals surface area (Å²) in [7, 11) is 0. The summed E-state index contributed by atoms with van der Waals surface area (Å²) >= 11 is 0. The molecular formula is C12H8FN3O2. The molecule has 0 aliphatic heterocycles. The normalized spacial score (nSPS) is 10.7. The number of nitrogens with zero attached hydrogens (tertiary/aromatic N) is 2. The Bertz CT molecular complexity index is 694. The number of hydrogen-bond acceptors (Lipinski definition) is 5. The van der Waals surface area contributed by atoms with E-state index in [2.05, 4.69) is 15.1 Å². The number of nitrogen functional groups attached to an aromatic ring is 1. The second-order valence-corrected chi connectivity index (χ2v) is 3.73. The zero-order valence-corrected chi connectivity index (χ0v) is 9.13. The van der Waals surface area contributed by atoms with Crippen molar-refractivity contribution in [1.82, 2.24) is 10.2 Å². The number of benzene rings is 1. The van der Waals surface area contributed by atoms with Crippen LogP contribution in [-0.2, 0) is 0 Å². The van der Waals surface area contributed by atoms with Crippen molar-refractivity contribution in [2.24, 2.45) is 0 Å². The highest BCUT2D eigenvalue weighted by atomic mass is 19.3. The Balaban J connectivity index is 2.10. The van der Waals surface area contributed by atoms with Crippen LogP contribution in [0.15, 0.2) is 40.8 Å². The van der Waals surface area contributed by atoms with Gasteiger partial charge in [-0.05, 0) is 36.4 Å². The van der Waals surface area contributed by atoms with Gasteiger partial charge in [-0.15, -0.1) is 10.2 Å². The molecule has 0 atom stereocenters. The first-order chi connectivity index (χ1) is 8.76. The standard InChI is InChI=1S/C12H8FN3O2/c13-18-8-1-3-10-7(5-8)6-11(17-10)9-2-4-12(14)16-15-9/h1-6H,(H2,14,16). The van der Waals surface area contributed by atoms with E-state index in [1.54, 1.807) is 24.3 Å². The fourth-order valence-electron chi connectivity index (χ4n) is 1.67. The van der Waals surface area contributed by atoms with E-state index in [4.69, 9.17) is 10.2 Å². The lowest BCUT2D eigenvalue weighted by Crippen LogP contribution is -1.92. The first-order valence-corrected chi connectivity index (χ1v) is 5.18. The largest absolute Gasteiger partial charge is 0.454 e. The van der Waals surface area contributed by atoms with E-state index in [0.29, 0.717) is 22.9 Å². The minimum Gasteiger partial charge on any atom is -0.454 e. The molecule has 5 nitrogen and oxygen atoms in total. The van der Waals surface area contributed by atoms with E-state index in [1.165, 1.54) is 12.1 Å². The van der Waals surface area contributed by atoms with E-state index in [-0.39, 0.29) is 5.75 Å². The van der Waals surface area contributed by atoms with Gasteiger partial charge in [0.15, 0.2) is 11.5 Å². The summed E-state index contributed by atoms with van der Waals surface area (Å²) in [4.78, 5) is 3.67. The van der Waals surface area contributed by atoms with E-state index in [9.17, 15) is 4.53 Å². The molecule has 0 saturated carbocycles. The highest BCUT2D eigenvalue weighted by Gasteiger charge is 2.09. The van der Waals surface area contributed by atoms with Gasteiger partial charge in [-0.2, -0.15) is 0 Å². The van der Waals surface area contributed by atoms with Crippen molar-refractivity contribution in [2.45, 2.75) is 0 Å². The van der Waals surface area contributed by atoms with Crippen LogP contribution in [0, 0.1) is 0 Å². The molecule has 0 aliphatic rings. The Hall–Kier alpha value is -2.63. The Morgan fingerprint density at radius 1 is 1.11 bits per heavy atom. The van der Waals surface area contributed by atoms with Crippen molar-refractivity contribution in [3.05, 3.63) is 36.4 Å². The van der Waals surface area contributed by atoms with Crippen LogP contribution in [0.25, 0.3) is 22.4 Å². The number of fused-ring (bicyclic) bond motifs is 1. The van der Waals surface area contributed by atoms with Crippen molar-refractivity contribution >= 4 is 16.8 Å². The number of rotatable bonds is 2. The molecule has 90 valence electrons. The molecule has 3 rings (SSSR count). The summed E-state index contributed by atoms with van der Waals surface area (Å²) in [6.07, 6.45) is 0. The Morgan fingerprint density at radius 2 is 2.00 bits per heavy atom. The molecule has 0 radical (unpaired) electrons. The first-order valence-electron chi connectivity index (χ1n) is 5.18. The summed E-state index contributed by atoms with van der Waals surface area (Å²) in [5, 5.41) is 8.38. The summed E-state index contributed by atoms with van der Waals surface area (Å²) in [5.41, 5.74) is 6.63. The second kappa shape index (κ2) is 3.99. The molecule has 6 heteroatoms. The number of furan rings is 1. The highest BCUT2D eigenvalue weighted by molar-refractivity contribution is 5.83. The fourth-order valence-corrected chi connectivity index (χ4v) is 1.67. The zero-order valence-electron chi connectivity index (χ0n) is 9.13. The van der Waals surface area contributed by atoms with Gasteiger partial charge in [-0.3, -0.25) is 4.94 Å². The van der Waals surface area contributed by atoms with Crippen LogP contribution in [0.1, 0.15) is 0 Å². The maximum absolute atomic E-state index is 12.1. The van der Waals surface area contributed by atoms with E-state index in [0.717, 1.165) is 5.39 Å². The lowest BCUT2D eigenvalue weighted by molar-refractivity contribution is -0.00604. The maximum atomic E-state index is 12.1. The van der Waals surface area contributed by atoms with Gasteiger partial charge >= 0.3 is 0 Å². The smallest absolute Gasteiger partial charge is 0.172 e. The van der Waals surface area contributed by atoms with Gasteiger partial charge in [-0.25, -0.2) is 0 Å². The summed E-state index contributed by atoms with van der Waals surface area (Å²) in [5.74, 6) is 0.995. The molecule has 0 amide bonds. The average molecular weight is 245 g/mol. The molecule has 0 aliphatic carbocycles. The molecule has 0 bridgehead atoms. The van der Waals surface area contributed by atoms with Crippen molar-refractivity contribution in [3.8, 4) is 17.2 Å². The molecule has 1 aromatic carbocycles. The number of hydrogen-bond donors (Lipinski definition) is 1. The minimum atomic E-state index is 0.123.